The van der Waals surface area contributed by atoms with Gasteiger partial charge in [-0.1, -0.05) is 11.6 Å². The van der Waals surface area contributed by atoms with Gasteiger partial charge in [0.05, 0.1) is 12.1 Å². The fourth-order valence-corrected chi connectivity index (χ4v) is 3.03. The Labute approximate surface area is 126 Å². The lowest BCUT2D eigenvalue weighted by Gasteiger charge is -2.32. The van der Waals surface area contributed by atoms with Crippen molar-refractivity contribution in [2.75, 3.05) is 16.8 Å². The maximum Gasteiger partial charge on any atom is 0.209 e. The molecule has 2 heterocycles. The molecule has 1 aromatic heterocycles. The minimum absolute atomic E-state index is 0.203. The van der Waals surface area contributed by atoms with Gasteiger partial charge in [-0.25, -0.2) is 9.97 Å². The molecule has 5 atom stereocenters. The summed E-state index contributed by atoms with van der Waals surface area (Å²) in [5.74, 6) is 0.485. The molecule has 0 radical (unpaired) electrons. The number of ether oxygens (including phenoxy) is 1. The molecule has 4 N–H and O–H groups in total. The van der Waals surface area contributed by atoms with Crippen LogP contribution in [-0.2, 0) is 4.74 Å². The molecule has 0 saturated heterocycles. The molecule has 1 unspecified atom stereocenters. The molecular formula is C12H17ClN4O4. The van der Waals surface area contributed by atoms with Crippen molar-refractivity contribution in [3.05, 3.63) is 11.5 Å². The normalized spacial score (nSPS) is 34.9. The third kappa shape index (κ3) is 2.33. The van der Waals surface area contributed by atoms with Gasteiger partial charge in [0.1, 0.15) is 24.2 Å². The van der Waals surface area contributed by atoms with Gasteiger partial charge in [0.2, 0.25) is 6.35 Å². The zero-order valence-corrected chi connectivity index (χ0v) is 12.1. The van der Waals surface area contributed by atoms with Crippen molar-refractivity contribution in [2.24, 2.45) is 0 Å². The summed E-state index contributed by atoms with van der Waals surface area (Å²) in [7, 11) is 0. The first-order valence-corrected chi connectivity index (χ1v) is 7.13. The topological polar surface area (TPSA) is 111 Å². The number of nitrogens with one attached hydrogen (secondary N) is 1. The summed E-state index contributed by atoms with van der Waals surface area (Å²) < 4.78 is 5.60. The first-order valence-electron chi connectivity index (χ1n) is 6.75. The molecule has 8 nitrogen and oxygen atoms in total. The third-order valence-electron chi connectivity index (χ3n) is 3.85. The lowest BCUT2D eigenvalue weighted by molar-refractivity contribution is -0.0236. The highest BCUT2D eigenvalue weighted by atomic mass is 35.5. The van der Waals surface area contributed by atoms with Gasteiger partial charge in [-0.2, -0.15) is 0 Å². The highest BCUT2D eigenvalue weighted by Crippen LogP contribution is 2.41. The molecular weight excluding hydrogens is 300 g/mol. The molecule has 0 bridgehead atoms. The average molecular weight is 317 g/mol. The summed E-state index contributed by atoms with van der Waals surface area (Å²) in [6.45, 7) is 2.27. The van der Waals surface area contributed by atoms with E-state index in [1.54, 1.807) is 4.90 Å². The Bertz CT molecular complexity index is 534. The second kappa shape index (κ2) is 5.54. The molecule has 2 aliphatic rings. The van der Waals surface area contributed by atoms with Crippen LogP contribution in [0.3, 0.4) is 0 Å². The van der Waals surface area contributed by atoms with Crippen LogP contribution in [0.5, 0.6) is 0 Å². The van der Waals surface area contributed by atoms with E-state index >= 15 is 0 Å². The quantitative estimate of drug-likeness (QED) is 0.554. The zero-order chi connectivity index (χ0) is 15.1. The van der Waals surface area contributed by atoms with Crippen LogP contribution >= 0.6 is 11.6 Å². The second-order valence-electron chi connectivity index (χ2n) is 5.07. The minimum Gasteiger partial charge on any atom is -0.390 e. The Kier molecular flexibility index (Phi) is 3.89. The van der Waals surface area contributed by atoms with Crippen LogP contribution in [0, 0.1) is 0 Å². The summed E-state index contributed by atoms with van der Waals surface area (Å²) >= 11 is 6.04. The number of rotatable bonds is 3. The summed E-state index contributed by atoms with van der Waals surface area (Å²) in [4.78, 5) is 9.77. The van der Waals surface area contributed by atoms with Gasteiger partial charge in [-0.05, 0) is 13.3 Å². The van der Waals surface area contributed by atoms with Gasteiger partial charge in [-0.15, -0.1) is 0 Å². The fourth-order valence-electron chi connectivity index (χ4n) is 2.85. The van der Waals surface area contributed by atoms with Crippen molar-refractivity contribution in [1.29, 1.82) is 0 Å². The van der Waals surface area contributed by atoms with E-state index in [0.29, 0.717) is 18.1 Å². The molecule has 1 aliphatic heterocycles. The largest absolute Gasteiger partial charge is 0.390 e. The van der Waals surface area contributed by atoms with Crippen molar-refractivity contribution in [3.63, 3.8) is 0 Å². The van der Waals surface area contributed by atoms with Crippen LogP contribution in [0.4, 0.5) is 11.5 Å². The highest BCUT2D eigenvalue weighted by molar-refractivity contribution is 6.32. The third-order valence-corrected chi connectivity index (χ3v) is 4.14. The molecule has 1 aromatic rings. The molecule has 1 fully saturated rings. The van der Waals surface area contributed by atoms with Gasteiger partial charge in [0.25, 0.3) is 0 Å². The number of aliphatic hydroxyl groups is 3. The number of aromatic nitrogens is 2. The van der Waals surface area contributed by atoms with Crippen LogP contribution in [0.1, 0.15) is 13.3 Å². The highest BCUT2D eigenvalue weighted by Gasteiger charge is 2.48. The van der Waals surface area contributed by atoms with Gasteiger partial charge < -0.3 is 30.3 Å². The number of aliphatic hydroxyl groups excluding tert-OH is 3. The van der Waals surface area contributed by atoms with Crippen molar-refractivity contribution in [3.8, 4) is 0 Å². The molecule has 3 rings (SSSR count). The smallest absolute Gasteiger partial charge is 0.209 e. The van der Waals surface area contributed by atoms with Crippen LogP contribution in [-0.4, -0.2) is 62.6 Å². The molecule has 9 heteroatoms. The maximum atomic E-state index is 10.2. The molecule has 1 saturated carbocycles. The summed E-state index contributed by atoms with van der Waals surface area (Å²) in [5, 5.41) is 33.0. The molecule has 0 aromatic carbocycles. The molecule has 116 valence electrons. The fraction of sp³-hybridized carbons (Fsp3) is 0.667. The van der Waals surface area contributed by atoms with Crippen molar-refractivity contribution < 1.29 is 20.1 Å². The SMILES string of the molecule is CCOC1Nc2c(Cl)ncnc2N1[C@@H]1C[C@H](O)[C@@H](O)[C@H]1O. The van der Waals surface area contributed by atoms with E-state index in [9.17, 15) is 15.3 Å². The van der Waals surface area contributed by atoms with E-state index in [-0.39, 0.29) is 11.6 Å². The van der Waals surface area contributed by atoms with Gasteiger partial charge in [-0.3, -0.25) is 0 Å². The van der Waals surface area contributed by atoms with Crippen LogP contribution in [0.25, 0.3) is 0 Å². The Hall–Kier alpha value is -1.19. The maximum absolute atomic E-state index is 10.2. The summed E-state index contributed by atoms with van der Waals surface area (Å²) in [6, 6.07) is -0.536. The zero-order valence-electron chi connectivity index (χ0n) is 11.3. The van der Waals surface area contributed by atoms with Gasteiger partial charge >= 0.3 is 0 Å². The van der Waals surface area contributed by atoms with Gasteiger partial charge in [0, 0.05) is 6.61 Å². The summed E-state index contributed by atoms with van der Waals surface area (Å²) in [6.07, 6.45) is -2.36. The average Bonchev–Trinajstić information content (AvgIpc) is 2.93. The van der Waals surface area contributed by atoms with Crippen molar-refractivity contribution in [1.82, 2.24) is 9.97 Å². The van der Waals surface area contributed by atoms with Crippen molar-refractivity contribution in [2.45, 2.75) is 44.1 Å². The monoisotopic (exact) mass is 316 g/mol. The van der Waals surface area contributed by atoms with Crippen LogP contribution < -0.4 is 10.2 Å². The first-order chi connectivity index (χ1) is 10.0. The lowest BCUT2D eigenvalue weighted by atomic mass is 10.2. The van der Waals surface area contributed by atoms with Crippen LogP contribution in [0.15, 0.2) is 6.33 Å². The van der Waals surface area contributed by atoms with Gasteiger partial charge in [0.15, 0.2) is 11.0 Å². The van der Waals surface area contributed by atoms with E-state index in [0.717, 1.165) is 0 Å². The number of hydrogen-bond acceptors (Lipinski definition) is 8. The van der Waals surface area contributed by atoms with E-state index < -0.39 is 30.7 Å². The van der Waals surface area contributed by atoms with E-state index in [4.69, 9.17) is 16.3 Å². The Morgan fingerprint density at radius 3 is 2.76 bits per heavy atom. The number of nitrogens with zero attached hydrogens (tertiary/aromatic N) is 3. The van der Waals surface area contributed by atoms with E-state index in [1.807, 2.05) is 6.92 Å². The van der Waals surface area contributed by atoms with E-state index in [1.165, 1.54) is 6.33 Å². The minimum atomic E-state index is -1.20. The molecule has 1 aliphatic carbocycles. The molecule has 0 spiro atoms. The number of fused-ring (bicyclic) bond motifs is 1. The van der Waals surface area contributed by atoms with Crippen LogP contribution in [0.2, 0.25) is 5.15 Å². The van der Waals surface area contributed by atoms with Crippen molar-refractivity contribution >= 4 is 23.1 Å². The first kappa shape index (κ1) is 14.7. The standard InChI is InChI=1S/C12H17ClN4O4/c1-2-21-12-16-7-10(13)14-4-15-11(7)17(12)5-3-6(18)9(20)8(5)19/h4-6,8-9,12,16,18-20H,2-3H2,1H3/t5-,6+,8+,9-,12?/m1/s1. The second-order valence-corrected chi connectivity index (χ2v) is 5.43. The number of hydrogen-bond donors (Lipinski definition) is 4. The predicted octanol–water partition coefficient (Wildman–Crippen LogP) is -0.463. The van der Waals surface area contributed by atoms with E-state index in [2.05, 4.69) is 15.3 Å². The predicted molar refractivity (Wildman–Crippen MR) is 75.0 cm³/mol. The number of halogens is 1. The Morgan fingerprint density at radius 2 is 2.14 bits per heavy atom. The molecule has 0 amide bonds. The Morgan fingerprint density at radius 1 is 1.38 bits per heavy atom. The molecule has 21 heavy (non-hydrogen) atoms. The summed E-state index contributed by atoms with van der Waals surface area (Å²) in [5.41, 5.74) is 0.515. The number of anilines is 2. The lowest BCUT2D eigenvalue weighted by Crippen LogP contribution is -2.50. The Balaban J connectivity index is 1.97.